The van der Waals surface area contributed by atoms with Crippen LogP contribution in [-0.2, 0) is 9.53 Å². The van der Waals surface area contributed by atoms with Crippen LogP contribution in [0.1, 0.15) is 12.2 Å². The van der Waals surface area contributed by atoms with Gasteiger partial charge in [0.25, 0.3) is 6.43 Å². The van der Waals surface area contributed by atoms with Crippen molar-refractivity contribution in [3.8, 4) is 17.1 Å². The molecule has 5 rings (SSSR count). The van der Waals surface area contributed by atoms with Crippen molar-refractivity contribution in [2.75, 3.05) is 43.1 Å². The van der Waals surface area contributed by atoms with Crippen LogP contribution in [0.2, 0.25) is 0 Å². The molecule has 2 aromatic heterocycles. The highest BCUT2D eigenvalue weighted by atomic mass is 19.3. The zero-order valence-corrected chi connectivity index (χ0v) is 19.0. The largest absolute Gasteiger partial charge is 0.378 e. The fourth-order valence-corrected chi connectivity index (χ4v) is 4.00. The number of carbonyl (C=O) groups excluding carboxylic acids is 1. The van der Waals surface area contributed by atoms with Crippen molar-refractivity contribution in [1.82, 2.24) is 19.5 Å². The monoisotopic (exact) mass is 497 g/mol. The summed E-state index contributed by atoms with van der Waals surface area (Å²) >= 11 is 0. The fourth-order valence-electron chi connectivity index (χ4n) is 4.00. The summed E-state index contributed by atoms with van der Waals surface area (Å²) in [7, 11) is 0. The lowest BCUT2D eigenvalue weighted by atomic mass is 10.1. The Morgan fingerprint density at radius 2 is 1.86 bits per heavy atom. The number of amides is 1. The standard InChI is InChI=1S/C24H22F3N7O2/c25-15-11-14(5-6-16(15)29-21(35)13-28)18-12-20(32-24(31-18)33-7-9-36-10-8-33)34-19-4-2-1-3-17(19)30-23(34)22(26)27/h1-6,11-12,22H,7-10,13,28H2,(H,29,35). The second kappa shape index (κ2) is 9.91. The lowest BCUT2D eigenvalue weighted by Crippen LogP contribution is -2.37. The molecule has 186 valence electrons. The first kappa shape index (κ1) is 23.7. The summed E-state index contributed by atoms with van der Waals surface area (Å²) in [4.78, 5) is 26.7. The maximum absolute atomic E-state index is 14.8. The second-order valence-electron chi connectivity index (χ2n) is 8.05. The van der Waals surface area contributed by atoms with Gasteiger partial charge in [0.15, 0.2) is 5.82 Å². The number of morpholine rings is 1. The molecule has 0 bridgehead atoms. The molecule has 1 aliphatic rings. The number of nitrogens with one attached hydrogen (secondary N) is 1. The summed E-state index contributed by atoms with van der Waals surface area (Å²) in [6.07, 6.45) is -2.86. The molecule has 0 saturated carbocycles. The van der Waals surface area contributed by atoms with Crippen molar-refractivity contribution in [2.24, 2.45) is 5.73 Å². The molecule has 0 atom stereocenters. The average Bonchev–Trinajstić information content (AvgIpc) is 3.30. The molecule has 1 saturated heterocycles. The molecule has 0 unspecified atom stereocenters. The van der Waals surface area contributed by atoms with E-state index in [1.807, 2.05) is 4.90 Å². The van der Waals surface area contributed by atoms with Gasteiger partial charge < -0.3 is 20.7 Å². The van der Waals surface area contributed by atoms with Crippen molar-refractivity contribution in [1.29, 1.82) is 0 Å². The van der Waals surface area contributed by atoms with Crippen LogP contribution in [0.25, 0.3) is 28.1 Å². The molecule has 0 aliphatic carbocycles. The Kier molecular flexibility index (Phi) is 6.53. The first-order chi connectivity index (χ1) is 17.4. The van der Waals surface area contributed by atoms with Gasteiger partial charge in [-0.3, -0.25) is 9.36 Å². The van der Waals surface area contributed by atoms with Crippen molar-refractivity contribution >= 4 is 28.6 Å². The van der Waals surface area contributed by atoms with E-state index in [9.17, 15) is 18.0 Å². The van der Waals surface area contributed by atoms with Crippen LogP contribution < -0.4 is 16.0 Å². The van der Waals surface area contributed by atoms with E-state index in [1.165, 1.54) is 22.8 Å². The number of alkyl halides is 2. The van der Waals surface area contributed by atoms with Gasteiger partial charge in [-0.25, -0.2) is 23.1 Å². The van der Waals surface area contributed by atoms with Gasteiger partial charge in [-0.05, 0) is 24.3 Å². The number of anilines is 2. The summed E-state index contributed by atoms with van der Waals surface area (Å²) in [5, 5.41) is 2.39. The predicted molar refractivity (Wildman–Crippen MR) is 128 cm³/mol. The molecule has 36 heavy (non-hydrogen) atoms. The topological polar surface area (TPSA) is 111 Å². The molecular formula is C24H22F3N7O2. The maximum Gasteiger partial charge on any atom is 0.296 e. The number of fused-ring (bicyclic) bond motifs is 1. The number of nitrogens with two attached hydrogens (primary N) is 1. The lowest BCUT2D eigenvalue weighted by Gasteiger charge is -2.27. The molecule has 12 heteroatoms. The first-order valence-electron chi connectivity index (χ1n) is 11.2. The van der Waals surface area contributed by atoms with Gasteiger partial charge in [-0.15, -0.1) is 0 Å². The van der Waals surface area contributed by atoms with E-state index in [1.54, 1.807) is 30.3 Å². The molecule has 0 radical (unpaired) electrons. The molecule has 9 nitrogen and oxygen atoms in total. The molecule has 1 aliphatic heterocycles. The van der Waals surface area contributed by atoms with Crippen molar-refractivity contribution < 1.29 is 22.7 Å². The van der Waals surface area contributed by atoms with E-state index in [-0.39, 0.29) is 18.1 Å². The number of aromatic nitrogens is 4. The Morgan fingerprint density at radius 3 is 2.58 bits per heavy atom. The number of hydrogen-bond acceptors (Lipinski definition) is 7. The molecule has 4 aromatic rings. The highest BCUT2D eigenvalue weighted by Crippen LogP contribution is 2.31. The van der Waals surface area contributed by atoms with E-state index in [0.29, 0.717) is 54.5 Å². The number of carbonyl (C=O) groups is 1. The van der Waals surface area contributed by atoms with Crippen LogP contribution in [-0.4, -0.2) is 58.3 Å². The summed E-state index contributed by atoms with van der Waals surface area (Å²) in [5.41, 5.74) is 6.80. The zero-order valence-electron chi connectivity index (χ0n) is 19.0. The Balaban J connectivity index is 1.67. The first-order valence-corrected chi connectivity index (χ1v) is 11.2. The average molecular weight is 497 g/mol. The maximum atomic E-state index is 14.8. The Bertz CT molecular complexity index is 1420. The van der Waals surface area contributed by atoms with E-state index in [4.69, 9.17) is 10.5 Å². The molecule has 1 fully saturated rings. The van der Waals surface area contributed by atoms with E-state index in [2.05, 4.69) is 20.3 Å². The van der Waals surface area contributed by atoms with Crippen molar-refractivity contribution in [2.45, 2.75) is 6.43 Å². The number of hydrogen-bond donors (Lipinski definition) is 2. The number of nitrogens with zero attached hydrogens (tertiary/aromatic N) is 5. The van der Waals surface area contributed by atoms with Crippen molar-refractivity contribution in [3.63, 3.8) is 0 Å². The molecule has 3 heterocycles. The van der Waals surface area contributed by atoms with Gasteiger partial charge >= 0.3 is 0 Å². The van der Waals surface area contributed by atoms with Crippen LogP contribution in [0.15, 0.2) is 48.5 Å². The third kappa shape index (κ3) is 4.60. The number of benzene rings is 2. The van der Waals surface area contributed by atoms with Gasteiger partial charge in [-0.2, -0.15) is 4.98 Å². The minimum absolute atomic E-state index is 0.0301. The number of para-hydroxylation sites is 2. The molecular weight excluding hydrogens is 475 g/mol. The van der Waals surface area contributed by atoms with Crippen molar-refractivity contribution in [3.05, 3.63) is 60.2 Å². The van der Waals surface area contributed by atoms with E-state index in [0.717, 1.165) is 0 Å². The van der Waals surface area contributed by atoms with Gasteiger partial charge in [-0.1, -0.05) is 18.2 Å². The summed E-state index contributed by atoms with van der Waals surface area (Å²) in [6.45, 7) is 1.65. The van der Waals surface area contributed by atoms with E-state index < -0.39 is 24.0 Å². The number of ether oxygens (including phenoxy) is 1. The van der Waals surface area contributed by atoms with Crippen LogP contribution in [0.4, 0.5) is 24.8 Å². The predicted octanol–water partition coefficient (Wildman–Crippen LogP) is 3.29. The Morgan fingerprint density at radius 1 is 1.08 bits per heavy atom. The zero-order chi connectivity index (χ0) is 25.2. The smallest absolute Gasteiger partial charge is 0.296 e. The fraction of sp³-hybridized carbons (Fsp3) is 0.250. The summed E-state index contributed by atoms with van der Waals surface area (Å²) < 4.78 is 49.5. The molecule has 1 amide bonds. The molecule has 0 spiro atoms. The van der Waals surface area contributed by atoms with E-state index >= 15 is 0 Å². The van der Waals surface area contributed by atoms with Gasteiger partial charge in [0.05, 0.1) is 42.2 Å². The minimum atomic E-state index is -2.86. The number of imidazole rings is 1. The third-order valence-corrected chi connectivity index (χ3v) is 5.73. The van der Waals surface area contributed by atoms with Crippen LogP contribution >= 0.6 is 0 Å². The number of halogens is 3. The third-order valence-electron chi connectivity index (χ3n) is 5.73. The molecule has 3 N–H and O–H groups in total. The molecule has 2 aromatic carbocycles. The summed E-state index contributed by atoms with van der Waals surface area (Å²) in [5.74, 6) is -1.22. The normalized spacial score (nSPS) is 14.0. The quantitative estimate of drug-likeness (QED) is 0.421. The highest BCUT2D eigenvalue weighted by Gasteiger charge is 2.24. The highest BCUT2D eigenvalue weighted by molar-refractivity contribution is 5.92. The van der Waals surface area contributed by atoms with Gasteiger partial charge in [0.2, 0.25) is 11.9 Å². The van der Waals surface area contributed by atoms with Crippen LogP contribution in [0.3, 0.4) is 0 Å². The number of rotatable bonds is 6. The van der Waals surface area contributed by atoms with Crippen LogP contribution in [0, 0.1) is 5.82 Å². The Hall–Kier alpha value is -4.03. The second-order valence-corrected chi connectivity index (χ2v) is 8.05. The van der Waals surface area contributed by atoms with Gasteiger partial charge in [0.1, 0.15) is 11.6 Å². The van der Waals surface area contributed by atoms with Crippen LogP contribution in [0.5, 0.6) is 0 Å². The minimum Gasteiger partial charge on any atom is -0.378 e. The SMILES string of the molecule is NCC(=O)Nc1ccc(-c2cc(-n3c(C(F)F)nc4ccccc43)nc(N3CCOCC3)n2)cc1F. The lowest BCUT2D eigenvalue weighted by molar-refractivity contribution is -0.114. The summed E-state index contributed by atoms with van der Waals surface area (Å²) in [6, 6.07) is 12.5. The van der Waals surface area contributed by atoms with Gasteiger partial charge in [0, 0.05) is 24.7 Å². The Labute approximate surface area is 203 Å².